The zero-order valence-electron chi connectivity index (χ0n) is 21.6. The molecular weight excluding hydrogens is 446 g/mol. The van der Waals surface area contributed by atoms with Crippen molar-refractivity contribution in [3.05, 3.63) is 42.2 Å². The maximum atomic E-state index is 11.8. The van der Waals surface area contributed by atoms with Gasteiger partial charge in [0.25, 0.3) is 0 Å². The quantitative estimate of drug-likeness (QED) is 0.416. The molecule has 2 aromatic rings. The highest BCUT2D eigenvalue weighted by atomic mass is 16.6. The van der Waals surface area contributed by atoms with Gasteiger partial charge in [0.15, 0.2) is 5.76 Å². The molecule has 0 radical (unpaired) electrons. The second-order valence-corrected chi connectivity index (χ2v) is 9.58. The highest BCUT2D eigenvalue weighted by Gasteiger charge is 2.32. The third-order valence-electron chi connectivity index (χ3n) is 5.85. The van der Waals surface area contributed by atoms with Crippen LogP contribution >= 0.6 is 0 Å². The van der Waals surface area contributed by atoms with Crippen molar-refractivity contribution >= 4 is 30.9 Å². The summed E-state index contributed by atoms with van der Waals surface area (Å²) in [4.78, 5) is 28.2. The van der Waals surface area contributed by atoms with Gasteiger partial charge in [0, 0.05) is 30.3 Å². The first-order valence-electron chi connectivity index (χ1n) is 11.5. The lowest BCUT2D eigenvalue weighted by Crippen LogP contribution is -2.52. The molecule has 0 spiro atoms. The molecule has 8 nitrogen and oxygen atoms in total. The summed E-state index contributed by atoms with van der Waals surface area (Å²) in [5, 5.41) is 3.31. The van der Waals surface area contributed by atoms with Gasteiger partial charge in [-0.3, -0.25) is 9.79 Å². The molecule has 0 bridgehead atoms. The number of amides is 1. The van der Waals surface area contributed by atoms with E-state index in [0.717, 1.165) is 37.8 Å². The lowest BCUT2D eigenvalue weighted by Gasteiger charge is -2.39. The Hall–Kier alpha value is -3.39. The Balaban J connectivity index is 0.000000251. The van der Waals surface area contributed by atoms with Gasteiger partial charge in [0.2, 0.25) is 0 Å². The molecule has 190 valence electrons. The zero-order chi connectivity index (χ0) is 26.2. The molecule has 0 unspecified atom stereocenters. The monoisotopic (exact) mass is 483 g/mol. The van der Waals surface area contributed by atoms with Crippen molar-refractivity contribution in [2.45, 2.75) is 51.7 Å². The number of aliphatic imine (C=N–C) groups is 1. The third kappa shape index (κ3) is 7.55. The van der Waals surface area contributed by atoms with Gasteiger partial charge >= 0.3 is 6.09 Å². The van der Waals surface area contributed by atoms with Crippen LogP contribution in [-0.4, -0.2) is 62.4 Å². The fourth-order valence-corrected chi connectivity index (χ4v) is 3.54. The van der Waals surface area contributed by atoms with Crippen LogP contribution in [0.25, 0.3) is 17.4 Å². The number of ether oxygens (including phenoxy) is 2. The lowest BCUT2D eigenvalue weighted by molar-refractivity contribution is 0.0162. The van der Waals surface area contributed by atoms with E-state index in [1.165, 1.54) is 7.11 Å². The molecule has 35 heavy (non-hydrogen) atoms. The Morgan fingerprint density at radius 2 is 1.91 bits per heavy atom. The molecule has 1 aliphatic rings. The van der Waals surface area contributed by atoms with Crippen LogP contribution in [-0.2, 0) is 4.74 Å². The van der Waals surface area contributed by atoms with Crippen molar-refractivity contribution < 1.29 is 23.5 Å². The standard InChI is InChI=1S/C15H13NO3.C12H24N2O2/c1-4-13-12(16-2)8-15(19-13)11-6-5-10(9-17)7-14(11)18-3;1-11(2,3)16-10(15)14-8-6-12(4,13-5)7-9-14/h4-9H,1-2H2,3H3;13H,6-9H2,1-5H3. The molecule has 1 aromatic carbocycles. The number of benzene rings is 1. The van der Waals surface area contributed by atoms with Crippen LogP contribution < -0.4 is 10.1 Å². The third-order valence-corrected chi connectivity index (χ3v) is 5.85. The van der Waals surface area contributed by atoms with E-state index in [1.807, 2.05) is 27.8 Å². The fraction of sp³-hybridized carbons (Fsp3) is 0.444. The normalized spacial score (nSPS) is 14.9. The molecule has 1 N–H and O–H groups in total. The number of carbonyl (C=O) groups is 2. The van der Waals surface area contributed by atoms with E-state index in [-0.39, 0.29) is 11.6 Å². The number of hydrogen-bond donors (Lipinski definition) is 1. The predicted molar refractivity (Wildman–Crippen MR) is 140 cm³/mol. The molecule has 3 rings (SSSR count). The van der Waals surface area contributed by atoms with Gasteiger partial charge in [-0.2, -0.15) is 0 Å². The summed E-state index contributed by atoms with van der Waals surface area (Å²) in [5.41, 5.74) is 1.66. The first-order chi connectivity index (χ1) is 16.5. The van der Waals surface area contributed by atoms with Crippen molar-refractivity contribution in [3.8, 4) is 17.1 Å². The van der Waals surface area contributed by atoms with Crippen molar-refractivity contribution in [1.82, 2.24) is 10.2 Å². The van der Waals surface area contributed by atoms with E-state index < -0.39 is 5.60 Å². The molecule has 2 heterocycles. The van der Waals surface area contributed by atoms with Gasteiger partial charge in [0.05, 0.1) is 12.7 Å². The van der Waals surface area contributed by atoms with E-state index in [1.54, 1.807) is 35.2 Å². The number of methoxy groups -OCH3 is 1. The van der Waals surface area contributed by atoms with Crippen molar-refractivity contribution in [2.75, 3.05) is 27.2 Å². The van der Waals surface area contributed by atoms with Crippen LogP contribution in [0, 0.1) is 0 Å². The van der Waals surface area contributed by atoms with Crippen molar-refractivity contribution in [1.29, 1.82) is 0 Å². The maximum Gasteiger partial charge on any atom is 0.410 e. The summed E-state index contributed by atoms with van der Waals surface area (Å²) >= 11 is 0. The summed E-state index contributed by atoms with van der Waals surface area (Å²) in [5.74, 6) is 1.70. The molecule has 8 heteroatoms. The fourth-order valence-electron chi connectivity index (χ4n) is 3.54. The molecule has 0 aliphatic carbocycles. The zero-order valence-corrected chi connectivity index (χ0v) is 21.6. The molecule has 1 aliphatic heterocycles. The summed E-state index contributed by atoms with van der Waals surface area (Å²) in [7, 11) is 3.51. The maximum absolute atomic E-state index is 11.8. The first-order valence-corrected chi connectivity index (χ1v) is 11.5. The first kappa shape index (κ1) is 27.9. The highest BCUT2D eigenvalue weighted by molar-refractivity contribution is 5.80. The molecule has 1 aromatic heterocycles. The van der Waals surface area contributed by atoms with E-state index >= 15 is 0 Å². The van der Waals surface area contributed by atoms with E-state index in [2.05, 4.69) is 30.5 Å². The minimum atomic E-state index is -0.402. The van der Waals surface area contributed by atoms with Crippen molar-refractivity contribution in [3.63, 3.8) is 0 Å². The molecule has 1 fully saturated rings. The number of hydrogen-bond acceptors (Lipinski definition) is 7. The van der Waals surface area contributed by atoms with Gasteiger partial charge in [0.1, 0.15) is 29.1 Å². The number of furan rings is 1. The van der Waals surface area contributed by atoms with Crippen molar-refractivity contribution in [2.24, 2.45) is 4.99 Å². The van der Waals surface area contributed by atoms with Gasteiger partial charge in [-0.1, -0.05) is 12.6 Å². The predicted octanol–water partition coefficient (Wildman–Crippen LogP) is 5.74. The summed E-state index contributed by atoms with van der Waals surface area (Å²) in [6.45, 7) is 16.6. The Kier molecular flexibility index (Phi) is 9.42. The summed E-state index contributed by atoms with van der Waals surface area (Å²) < 4.78 is 16.3. The minimum absolute atomic E-state index is 0.165. The van der Waals surface area contributed by atoms with Crippen LogP contribution in [0.1, 0.15) is 56.7 Å². The molecule has 0 saturated carbocycles. The number of carbonyl (C=O) groups excluding carboxylic acids is 2. The van der Waals surface area contributed by atoms with Crippen LogP contribution in [0.15, 0.2) is 40.3 Å². The van der Waals surface area contributed by atoms with Gasteiger partial charge < -0.3 is 24.1 Å². The molecular formula is C27H37N3O5. The summed E-state index contributed by atoms with van der Waals surface area (Å²) in [6.07, 6.45) is 4.09. The largest absolute Gasteiger partial charge is 0.496 e. The Bertz CT molecular complexity index is 1020. The van der Waals surface area contributed by atoms with Gasteiger partial charge in [-0.15, -0.1) is 0 Å². The van der Waals surface area contributed by atoms with Gasteiger partial charge in [-0.25, -0.2) is 4.79 Å². The number of rotatable bonds is 6. The van der Waals surface area contributed by atoms with Crippen LogP contribution in [0.5, 0.6) is 5.75 Å². The topological polar surface area (TPSA) is 93.4 Å². The minimum Gasteiger partial charge on any atom is -0.496 e. The van der Waals surface area contributed by atoms with E-state index in [9.17, 15) is 9.59 Å². The van der Waals surface area contributed by atoms with Crippen LogP contribution in [0.3, 0.4) is 0 Å². The molecule has 0 atom stereocenters. The summed E-state index contributed by atoms with van der Waals surface area (Å²) in [6, 6.07) is 6.87. The second-order valence-electron chi connectivity index (χ2n) is 9.58. The Morgan fingerprint density at radius 3 is 2.37 bits per heavy atom. The SMILES string of the molecule is C=Cc1oc(-c2ccc(C=O)cc2OC)cc1N=C.CNC1(C)CCN(C(=O)OC(C)(C)C)CC1. The number of nitrogens with zero attached hydrogens (tertiary/aromatic N) is 2. The average Bonchev–Trinajstić information content (AvgIpc) is 3.26. The Morgan fingerprint density at radius 1 is 1.26 bits per heavy atom. The number of nitrogens with one attached hydrogen (secondary N) is 1. The van der Waals surface area contributed by atoms with E-state index in [0.29, 0.717) is 28.5 Å². The number of piperidine rings is 1. The van der Waals surface area contributed by atoms with Crippen LogP contribution in [0.4, 0.5) is 10.5 Å². The lowest BCUT2D eigenvalue weighted by atomic mass is 9.90. The number of likely N-dealkylation sites (tertiary alicyclic amines) is 1. The average molecular weight is 484 g/mol. The smallest absolute Gasteiger partial charge is 0.410 e. The van der Waals surface area contributed by atoms with Crippen LogP contribution in [0.2, 0.25) is 0 Å². The number of aldehydes is 1. The second kappa shape index (κ2) is 11.8. The molecule has 1 amide bonds. The van der Waals surface area contributed by atoms with Gasteiger partial charge in [-0.05, 0) is 72.5 Å². The molecule has 1 saturated heterocycles. The Labute approximate surface area is 208 Å². The van der Waals surface area contributed by atoms with E-state index in [4.69, 9.17) is 13.9 Å². The highest BCUT2D eigenvalue weighted by Crippen LogP contribution is 2.36.